The minimum atomic E-state index is 0.314. The first kappa shape index (κ1) is 18.0. The number of nitrogens with zero attached hydrogens (tertiary/aromatic N) is 3. The van der Waals surface area contributed by atoms with Crippen molar-refractivity contribution in [3.63, 3.8) is 0 Å². The average molecular weight is 361 g/mol. The summed E-state index contributed by atoms with van der Waals surface area (Å²) in [4.78, 5) is 5.12. The van der Waals surface area contributed by atoms with Crippen LogP contribution in [0.5, 0.6) is 0 Å². The van der Waals surface area contributed by atoms with E-state index in [1.165, 1.54) is 16.7 Å². The summed E-state index contributed by atoms with van der Waals surface area (Å²) in [6, 6.07) is 22.0. The van der Waals surface area contributed by atoms with Gasteiger partial charge >= 0.3 is 0 Å². The van der Waals surface area contributed by atoms with Crippen molar-refractivity contribution in [1.29, 1.82) is 0 Å². The minimum absolute atomic E-state index is 0.314. The molecule has 4 rings (SSSR count). The Morgan fingerprint density at radius 3 is 1.89 bits per heavy atom. The summed E-state index contributed by atoms with van der Waals surface area (Å²) in [5, 5.41) is 4.09. The van der Waals surface area contributed by atoms with Gasteiger partial charge in [-0.25, -0.2) is 0 Å². The van der Waals surface area contributed by atoms with Crippen molar-refractivity contribution in [2.45, 2.75) is 26.4 Å². The molecule has 0 aliphatic carbocycles. The molecule has 0 saturated carbocycles. The molecule has 2 aromatic carbocycles. The summed E-state index contributed by atoms with van der Waals surface area (Å²) >= 11 is 0. The molecular weight excluding hydrogens is 334 g/mol. The topological polar surface area (TPSA) is 32.5 Å². The Morgan fingerprint density at radius 2 is 1.41 bits per heavy atom. The van der Waals surface area contributed by atoms with Crippen molar-refractivity contribution >= 4 is 0 Å². The van der Waals surface area contributed by atoms with Crippen LogP contribution in [0.25, 0.3) is 0 Å². The number of piperazine rings is 1. The van der Waals surface area contributed by atoms with E-state index in [1.807, 2.05) is 13.8 Å². The Morgan fingerprint density at radius 1 is 0.852 bits per heavy atom. The van der Waals surface area contributed by atoms with Crippen molar-refractivity contribution < 1.29 is 4.52 Å². The number of aryl methyl sites for hydroxylation is 2. The Balaban J connectivity index is 1.49. The fraction of sp³-hybridized carbons (Fsp3) is 0.348. The molecule has 1 aromatic heterocycles. The van der Waals surface area contributed by atoms with Gasteiger partial charge in [-0.15, -0.1) is 0 Å². The summed E-state index contributed by atoms with van der Waals surface area (Å²) in [5.41, 5.74) is 4.98. The van der Waals surface area contributed by atoms with E-state index in [4.69, 9.17) is 4.52 Å². The van der Waals surface area contributed by atoms with Gasteiger partial charge in [-0.2, -0.15) is 0 Å². The summed E-state index contributed by atoms with van der Waals surface area (Å²) in [6.45, 7) is 9.18. The van der Waals surface area contributed by atoms with E-state index >= 15 is 0 Å². The molecule has 4 heteroatoms. The number of benzene rings is 2. The highest BCUT2D eigenvalue weighted by atomic mass is 16.5. The van der Waals surface area contributed by atoms with Crippen molar-refractivity contribution in [3.05, 3.63) is 88.8 Å². The third-order valence-electron chi connectivity index (χ3n) is 5.57. The van der Waals surface area contributed by atoms with Crippen LogP contribution in [0.15, 0.2) is 65.2 Å². The molecule has 1 aliphatic heterocycles. The largest absolute Gasteiger partial charge is 0.361 e. The Kier molecular flexibility index (Phi) is 5.37. The fourth-order valence-corrected chi connectivity index (χ4v) is 4.02. The van der Waals surface area contributed by atoms with E-state index in [2.05, 4.69) is 75.6 Å². The lowest BCUT2D eigenvalue weighted by molar-refractivity contribution is 0.104. The first-order valence-electron chi connectivity index (χ1n) is 9.70. The van der Waals surface area contributed by atoms with Crippen LogP contribution < -0.4 is 0 Å². The van der Waals surface area contributed by atoms with Crippen LogP contribution in [0.1, 0.15) is 34.2 Å². The maximum Gasteiger partial charge on any atom is 0.138 e. The molecule has 0 atom stereocenters. The minimum Gasteiger partial charge on any atom is -0.361 e. The smallest absolute Gasteiger partial charge is 0.138 e. The maximum absolute atomic E-state index is 5.32. The van der Waals surface area contributed by atoms with Gasteiger partial charge in [0.15, 0.2) is 0 Å². The van der Waals surface area contributed by atoms with Gasteiger partial charge in [0, 0.05) is 38.3 Å². The van der Waals surface area contributed by atoms with Gasteiger partial charge in [-0.05, 0) is 25.0 Å². The molecule has 0 unspecified atom stereocenters. The van der Waals surface area contributed by atoms with E-state index < -0.39 is 0 Å². The molecule has 3 aromatic rings. The number of hydrogen-bond acceptors (Lipinski definition) is 4. The molecule has 4 nitrogen and oxygen atoms in total. The molecule has 0 amide bonds. The predicted octanol–water partition coefficient (Wildman–Crippen LogP) is 4.20. The molecule has 1 saturated heterocycles. The summed E-state index contributed by atoms with van der Waals surface area (Å²) < 4.78 is 5.32. The van der Waals surface area contributed by atoms with Gasteiger partial charge in [-0.1, -0.05) is 65.8 Å². The lowest BCUT2D eigenvalue weighted by Gasteiger charge is -2.39. The number of hydrogen-bond donors (Lipinski definition) is 0. The Hall–Kier alpha value is -2.43. The highest BCUT2D eigenvalue weighted by molar-refractivity contribution is 5.32. The summed E-state index contributed by atoms with van der Waals surface area (Å²) in [7, 11) is 0. The number of aromatic nitrogens is 1. The highest BCUT2D eigenvalue weighted by Gasteiger charge is 2.27. The molecule has 140 valence electrons. The second-order valence-corrected chi connectivity index (χ2v) is 7.34. The van der Waals surface area contributed by atoms with Crippen LogP contribution in [0.2, 0.25) is 0 Å². The number of rotatable bonds is 5. The fourth-order valence-electron chi connectivity index (χ4n) is 4.02. The van der Waals surface area contributed by atoms with Crippen LogP contribution in [0.3, 0.4) is 0 Å². The lowest BCUT2D eigenvalue weighted by atomic mass is 9.96. The first-order chi connectivity index (χ1) is 13.2. The molecule has 27 heavy (non-hydrogen) atoms. The second-order valence-electron chi connectivity index (χ2n) is 7.34. The van der Waals surface area contributed by atoms with E-state index in [0.717, 1.165) is 44.2 Å². The lowest BCUT2D eigenvalue weighted by Crippen LogP contribution is -2.47. The van der Waals surface area contributed by atoms with E-state index in [1.54, 1.807) is 0 Å². The predicted molar refractivity (Wildman–Crippen MR) is 108 cm³/mol. The molecule has 0 spiro atoms. The van der Waals surface area contributed by atoms with Crippen molar-refractivity contribution in [2.75, 3.05) is 26.2 Å². The quantitative estimate of drug-likeness (QED) is 0.682. The van der Waals surface area contributed by atoms with Gasteiger partial charge in [0.05, 0.1) is 11.7 Å². The van der Waals surface area contributed by atoms with Gasteiger partial charge in [0.1, 0.15) is 5.76 Å². The first-order valence-corrected chi connectivity index (χ1v) is 9.70. The maximum atomic E-state index is 5.32. The molecule has 0 radical (unpaired) electrons. The molecular formula is C23H27N3O. The summed E-state index contributed by atoms with van der Waals surface area (Å²) in [6.07, 6.45) is 0. The van der Waals surface area contributed by atoms with Crippen molar-refractivity contribution in [1.82, 2.24) is 15.0 Å². The summed E-state index contributed by atoms with van der Waals surface area (Å²) in [5.74, 6) is 0.946. The van der Waals surface area contributed by atoms with Crippen LogP contribution in [-0.4, -0.2) is 41.1 Å². The Bertz CT molecular complexity index is 793. The average Bonchev–Trinajstić information content (AvgIpc) is 3.03. The molecule has 0 N–H and O–H groups in total. The zero-order valence-electron chi connectivity index (χ0n) is 16.1. The monoisotopic (exact) mass is 361 g/mol. The van der Waals surface area contributed by atoms with Crippen molar-refractivity contribution in [3.8, 4) is 0 Å². The van der Waals surface area contributed by atoms with Gasteiger partial charge in [0.2, 0.25) is 0 Å². The molecule has 1 aliphatic rings. The molecule has 2 heterocycles. The molecule has 1 fully saturated rings. The van der Waals surface area contributed by atoms with E-state index in [-0.39, 0.29) is 0 Å². The van der Waals surface area contributed by atoms with Gasteiger partial charge in [-0.3, -0.25) is 9.80 Å². The van der Waals surface area contributed by atoms with Gasteiger partial charge in [0.25, 0.3) is 0 Å². The molecule has 0 bridgehead atoms. The van der Waals surface area contributed by atoms with Crippen molar-refractivity contribution in [2.24, 2.45) is 0 Å². The van der Waals surface area contributed by atoms with Crippen LogP contribution in [0.4, 0.5) is 0 Å². The van der Waals surface area contributed by atoms with Gasteiger partial charge < -0.3 is 4.52 Å². The normalized spacial score (nSPS) is 16.1. The standard InChI is InChI=1S/C23H27N3O/c1-18-22(19(2)27-24-18)17-25-13-15-26(16-14-25)23(20-9-5-3-6-10-20)21-11-7-4-8-12-21/h3-12,23H,13-17H2,1-2H3. The third-order valence-corrected chi connectivity index (χ3v) is 5.57. The van der Waals surface area contributed by atoms with E-state index in [9.17, 15) is 0 Å². The SMILES string of the molecule is Cc1noc(C)c1CN1CCN(C(c2ccccc2)c2ccccc2)CC1. The van der Waals surface area contributed by atoms with Crippen LogP contribution >= 0.6 is 0 Å². The van der Waals surface area contributed by atoms with E-state index in [0.29, 0.717) is 6.04 Å². The van der Waals surface area contributed by atoms with Crippen LogP contribution in [-0.2, 0) is 6.54 Å². The van der Waals surface area contributed by atoms with Crippen LogP contribution in [0, 0.1) is 13.8 Å². The Labute approximate surface area is 161 Å². The second kappa shape index (κ2) is 8.07. The zero-order valence-corrected chi connectivity index (χ0v) is 16.1. The highest BCUT2D eigenvalue weighted by Crippen LogP contribution is 2.29. The third kappa shape index (κ3) is 3.97. The zero-order chi connectivity index (χ0) is 18.6.